The molecule has 0 spiro atoms. The van der Waals surface area contributed by atoms with Gasteiger partial charge in [-0.15, -0.1) is 0 Å². The number of nitrogens with zero attached hydrogens (tertiary/aromatic N) is 3. The molecule has 7 nitrogen and oxygen atoms in total. The molecule has 0 bridgehead atoms. The van der Waals surface area contributed by atoms with Crippen LogP contribution in [0.25, 0.3) is 10.9 Å². The van der Waals surface area contributed by atoms with Crippen LogP contribution in [0.5, 0.6) is 5.75 Å². The van der Waals surface area contributed by atoms with Gasteiger partial charge in [-0.05, 0) is 50.6 Å². The number of carbonyl (C=O) groups excluding carboxylic acids is 1. The van der Waals surface area contributed by atoms with Crippen LogP contribution in [-0.2, 0) is 16.0 Å². The van der Waals surface area contributed by atoms with Gasteiger partial charge in [0.05, 0.1) is 23.2 Å². The van der Waals surface area contributed by atoms with Gasteiger partial charge in [-0.2, -0.15) is 9.78 Å². The molecule has 0 aliphatic carbocycles. The number of benzene rings is 2. The molecule has 0 saturated heterocycles. The highest BCUT2D eigenvalue weighted by molar-refractivity contribution is 9.10. The fourth-order valence-corrected chi connectivity index (χ4v) is 3.33. The summed E-state index contributed by atoms with van der Waals surface area (Å²) in [6, 6.07) is 12.6. The predicted molar refractivity (Wildman–Crippen MR) is 124 cm³/mol. The third-order valence-corrected chi connectivity index (χ3v) is 4.79. The number of para-hydroxylation sites is 1. The summed E-state index contributed by atoms with van der Waals surface area (Å²) < 4.78 is 12.8. The van der Waals surface area contributed by atoms with E-state index in [1.807, 2.05) is 25.1 Å². The summed E-state index contributed by atoms with van der Waals surface area (Å²) in [5, 5.41) is 4.89. The van der Waals surface area contributed by atoms with Crippen molar-refractivity contribution in [3.63, 3.8) is 0 Å². The molecule has 0 unspecified atom stereocenters. The molecule has 3 aromatic rings. The molecular formula is C23H24BrN3O4. The number of hydrogen-bond acceptors (Lipinski definition) is 6. The van der Waals surface area contributed by atoms with Crippen molar-refractivity contribution in [2.24, 2.45) is 5.10 Å². The summed E-state index contributed by atoms with van der Waals surface area (Å²) in [6.45, 7) is 5.36. The third kappa shape index (κ3) is 5.79. The quantitative estimate of drug-likeness (QED) is 0.350. The number of halogens is 1. The van der Waals surface area contributed by atoms with Gasteiger partial charge in [0.2, 0.25) is 0 Å². The lowest BCUT2D eigenvalue weighted by molar-refractivity contribution is -0.149. The van der Waals surface area contributed by atoms with E-state index in [0.29, 0.717) is 34.5 Å². The number of hydrogen-bond donors (Lipinski definition) is 0. The van der Waals surface area contributed by atoms with Crippen LogP contribution in [0.3, 0.4) is 0 Å². The summed E-state index contributed by atoms with van der Waals surface area (Å²) in [5.41, 5.74) is 1.02. The second-order valence-electron chi connectivity index (χ2n) is 7.17. The van der Waals surface area contributed by atoms with Gasteiger partial charge in [0.25, 0.3) is 5.56 Å². The molecule has 2 aromatic carbocycles. The Morgan fingerprint density at radius 1 is 1.26 bits per heavy atom. The zero-order chi connectivity index (χ0) is 22.4. The summed E-state index contributed by atoms with van der Waals surface area (Å²) >= 11 is 3.40. The van der Waals surface area contributed by atoms with E-state index in [2.05, 4.69) is 26.0 Å². The number of aromatic nitrogens is 2. The van der Waals surface area contributed by atoms with Crippen LogP contribution in [0.15, 0.2) is 56.8 Å². The first-order chi connectivity index (χ1) is 14.9. The lowest BCUT2D eigenvalue weighted by Gasteiger charge is -2.11. The van der Waals surface area contributed by atoms with Crippen LogP contribution in [0.4, 0.5) is 0 Å². The van der Waals surface area contributed by atoms with Crippen molar-refractivity contribution in [3.05, 3.63) is 68.7 Å². The Labute approximate surface area is 188 Å². The van der Waals surface area contributed by atoms with Gasteiger partial charge in [0.15, 0.2) is 6.61 Å². The van der Waals surface area contributed by atoms with Crippen LogP contribution >= 0.6 is 15.9 Å². The molecule has 162 valence electrons. The second kappa shape index (κ2) is 10.3. The molecule has 0 saturated carbocycles. The Morgan fingerprint density at radius 2 is 2.03 bits per heavy atom. The van der Waals surface area contributed by atoms with E-state index in [-0.39, 0.29) is 18.3 Å². The molecule has 0 aliphatic heterocycles. The molecule has 8 heteroatoms. The minimum Gasteiger partial charge on any atom is -0.481 e. The average Bonchev–Trinajstić information content (AvgIpc) is 2.73. The van der Waals surface area contributed by atoms with Crippen molar-refractivity contribution in [3.8, 4) is 5.75 Å². The molecule has 0 amide bonds. The van der Waals surface area contributed by atoms with Crippen molar-refractivity contribution in [1.29, 1.82) is 0 Å². The molecular weight excluding hydrogens is 462 g/mol. The van der Waals surface area contributed by atoms with Crippen LogP contribution in [-0.4, -0.2) is 34.6 Å². The number of rotatable bonds is 8. The topological polar surface area (TPSA) is 82.8 Å². The first kappa shape index (κ1) is 22.7. The van der Waals surface area contributed by atoms with Crippen LogP contribution in [0.1, 0.15) is 38.6 Å². The third-order valence-electron chi connectivity index (χ3n) is 4.29. The lowest BCUT2D eigenvalue weighted by atomic mass is 10.2. The zero-order valence-electron chi connectivity index (χ0n) is 17.7. The van der Waals surface area contributed by atoms with Gasteiger partial charge in [0.1, 0.15) is 11.6 Å². The molecule has 0 atom stereocenters. The Morgan fingerprint density at radius 3 is 2.77 bits per heavy atom. The molecule has 1 heterocycles. The Kier molecular flexibility index (Phi) is 7.57. The molecule has 0 radical (unpaired) electrons. The summed E-state index contributed by atoms with van der Waals surface area (Å²) in [5.74, 6) is 0.596. The van der Waals surface area contributed by atoms with E-state index in [4.69, 9.17) is 9.47 Å². The standard InChI is InChI=1S/C23H24BrN3O4/c1-4-7-21-26-19-11-10-17(24)12-18(19)23(29)27(21)25-13-16-8-5-6-9-20(16)30-14-22(28)31-15(2)3/h5-6,8-13,15H,4,7,14H2,1-3H3. The normalized spacial score (nSPS) is 11.4. The SMILES string of the molecule is CCCc1nc2ccc(Br)cc2c(=O)n1N=Cc1ccccc1OCC(=O)OC(C)C. The van der Waals surface area contributed by atoms with Gasteiger partial charge < -0.3 is 9.47 Å². The molecule has 0 N–H and O–H groups in total. The first-order valence-corrected chi connectivity index (χ1v) is 10.8. The monoisotopic (exact) mass is 485 g/mol. The molecule has 3 rings (SSSR count). The van der Waals surface area contributed by atoms with Gasteiger partial charge in [-0.1, -0.05) is 35.0 Å². The van der Waals surface area contributed by atoms with E-state index in [0.717, 1.165) is 10.9 Å². The van der Waals surface area contributed by atoms with Gasteiger partial charge in [-0.25, -0.2) is 9.78 Å². The molecule has 1 aromatic heterocycles. The highest BCUT2D eigenvalue weighted by Gasteiger charge is 2.12. The van der Waals surface area contributed by atoms with Gasteiger partial charge in [-0.3, -0.25) is 4.79 Å². The summed E-state index contributed by atoms with van der Waals surface area (Å²) in [7, 11) is 0. The summed E-state index contributed by atoms with van der Waals surface area (Å²) in [4.78, 5) is 29.5. The minimum absolute atomic E-state index is 0.211. The number of carbonyl (C=O) groups is 1. The van der Waals surface area contributed by atoms with Crippen molar-refractivity contribution in [1.82, 2.24) is 9.66 Å². The fraction of sp³-hybridized carbons (Fsp3) is 0.304. The van der Waals surface area contributed by atoms with Crippen molar-refractivity contribution in [2.45, 2.75) is 39.7 Å². The maximum atomic E-state index is 13.1. The van der Waals surface area contributed by atoms with Crippen LogP contribution in [0, 0.1) is 0 Å². The highest BCUT2D eigenvalue weighted by Crippen LogP contribution is 2.18. The van der Waals surface area contributed by atoms with Crippen LogP contribution < -0.4 is 10.3 Å². The average molecular weight is 486 g/mol. The Bertz CT molecular complexity index is 1170. The highest BCUT2D eigenvalue weighted by atomic mass is 79.9. The predicted octanol–water partition coefficient (Wildman–Crippen LogP) is 4.32. The van der Waals surface area contributed by atoms with E-state index in [1.54, 1.807) is 38.1 Å². The van der Waals surface area contributed by atoms with E-state index in [9.17, 15) is 9.59 Å². The van der Waals surface area contributed by atoms with E-state index >= 15 is 0 Å². The largest absolute Gasteiger partial charge is 0.481 e. The van der Waals surface area contributed by atoms with E-state index in [1.165, 1.54) is 10.9 Å². The Balaban J connectivity index is 1.94. The fourth-order valence-electron chi connectivity index (χ4n) is 2.97. The maximum Gasteiger partial charge on any atom is 0.344 e. The molecule has 0 aliphatic rings. The van der Waals surface area contributed by atoms with Crippen molar-refractivity contribution < 1.29 is 14.3 Å². The second-order valence-corrected chi connectivity index (χ2v) is 8.08. The van der Waals surface area contributed by atoms with Crippen molar-refractivity contribution >= 4 is 39.0 Å². The molecule has 31 heavy (non-hydrogen) atoms. The zero-order valence-corrected chi connectivity index (χ0v) is 19.3. The number of esters is 1. The van der Waals surface area contributed by atoms with Crippen molar-refractivity contribution in [2.75, 3.05) is 6.61 Å². The van der Waals surface area contributed by atoms with E-state index < -0.39 is 5.97 Å². The van der Waals surface area contributed by atoms with Gasteiger partial charge in [0, 0.05) is 16.5 Å². The number of fused-ring (bicyclic) bond motifs is 1. The number of aryl methyl sites for hydroxylation is 1. The van der Waals surface area contributed by atoms with Crippen LogP contribution in [0.2, 0.25) is 0 Å². The lowest BCUT2D eigenvalue weighted by Crippen LogP contribution is -2.22. The summed E-state index contributed by atoms with van der Waals surface area (Å²) in [6.07, 6.45) is 2.76. The first-order valence-electron chi connectivity index (χ1n) is 10.1. The Hall–Kier alpha value is -3.00. The maximum absolute atomic E-state index is 13.1. The minimum atomic E-state index is -0.451. The van der Waals surface area contributed by atoms with Gasteiger partial charge >= 0.3 is 5.97 Å². The smallest absolute Gasteiger partial charge is 0.344 e. The number of ether oxygens (including phenoxy) is 2. The molecule has 0 fully saturated rings.